The summed E-state index contributed by atoms with van der Waals surface area (Å²) in [6, 6.07) is 4.18. The van der Waals surface area contributed by atoms with E-state index >= 15 is 0 Å². The highest BCUT2D eigenvalue weighted by molar-refractivity contribution is 6.31. The number of alkyl halides is 2. The van der Waals surface area contributed by atoms with E-state index in [-0.39, 0.29) is 17.2 Å². The summed E-state index contributed by atoms with van der Waals surface area (Å²) >= 11 is 5.74. The Labute approximate surface area is 107 Å². The molecule has 0 bridgehead atoms. The topological polar surface area (TPSA) is 50.9 Å². The molecule has 1 heterocycles. The van der Waals surface area contributed by atoms with Gasteiger partial charge < -0.3 is 5.11 Å². The second-order valence-corrected chi connectivity index (χ2v) is 4.27. The van der Waals surface area contributed by atoms with E-state index in [4.69, 9.17) is 16.7 Å². The average molecular weight is 274 g/mol. The van der Waals surface area contributed by atoms with Crippen molar-refractivity contribution in [2.45, 2.75) is 19.5 Å². The fraction of sp³-hybridized carbons (Fsp3) is 0.273. The molecule has 1 aromatic carbocycles. The monoisotopic (exact) mass is 273 g/mol. The first-order chi connectivity index (χ1) is 8.41. The van der Waals surface area contributed by atoms with Crippen LogP contribution in [0.15, 0.2) is 24.4 Å². The van der Waals surface area contributed by atoms with Crippen LogP contribution in [0.3, 0.4) is 0 Å². The van der Waals surface area contributed by atoms with E-state index in [1.54, 1.807) is 6.07 Å². The predicted octanol–water partition coefficient (Wildman–Crippen LogP) is 2.52. The van der Waals surface area contributed by atoms with Gasteiger partial charge in [-0.25, -0.2) is 13.5 Å². The molecule has 1 N–H and O–H groups in total. The molecule has 0 spiro atoms. The maximum Gasteiger partial charge on any atom is 0.272 e. The molecule has 96 valence electrons. The third kappa shape index (κ3) is 2.49. The van der Waals surface area contributed by atoms with Crippen LogP contribution in [0.2, 0.25) is 5.02 Å². The van der Waals surface area contributed by atoms with Gasteiger partial charge >= 0.3 is 0 Å². The van der Waals surface area contributed by atoms with Gasteiger partial charge in [0, 0.05) is 17.5 Å². The van der Waals surface area contributed by atoms with E-state index in [2.05, 4.69) is 10.3 Å². The Hall–Kier alpha value is -1.53. The molecule has 4 nitrogen and oxygen atoms in total. The highest BCUT2D eigenvalue weighted by atomic mass is 35.5. The molecule has 0 aliphatic rings. The third-order valence-corrected chi connectivity index (χ3v) is 2.72. The summed E-state index contributed by atoms with van der Waals surface area (Å²) in [5.74, 6) is -3.03. The number of aliphatic hydroxyl groups is 1. The zero-order chi connectivity index (χ0) is 13.3. The van der Waals surface area contributed by atoms with Gasteiger partial charge in [-0.05, 0) is 18.2 Å². The van der Waals surface area contributed by atoms with Gasteiger partial charge in [-0.15, -0.1) is 5.10 Å². The van der Waals surface area contributed by atoms with Gasteiger partial charge in [-0.3, -0.25) is 0 Å². The summed E-state index contributed by atoms with van der Waals surface area (Å²) in [5, 5.41) is 16.3. The van der Waals surface area contributed by atoms with Crippen molar-refractivity contribution in [1.29, 1.82) is 0 Å². The highest BCUT2D eigenvalue weighted by Gasteiger charge is 2.27. The van der Waals surface area contributed by atoms with Crippen molar-refractivity contribution in [3.05, 3.63) is 40.7 Å². The van der Waals surface area contributed by atoms with Crippen molar-refractivity contribution in [1.82, 2.24) is 15.0 Å². The molecule has 2 aromatic rings. The van der Waals surface area contributed by atoms with E-state index in [1.165, 1.54) is 23.0 Å². The number of rotatable bonds is 3. The Bertz CT molecular complexity index is 566. The van der Waals surface area contributed by atoms with Crippen molar-refractivity contribution in [2.24, 2.45) is 0 Å². The number of aliphatic hydroxyl groups excluding tert-OH is 1. The molecule has 0 aliphatic carbocycles. The zero-order valence-corrected chi connectivity index (χ0v) is 10.2. The summed E-state index contributed by atoms with van der Waals surface area (Å²) in [6.07, 6.45) is 1.46. The molecule has 1 aromatic heterocycles. The minimum Gasteiger partial charge on any atom is -0.390 e. The zero-order valence-electron chi connectivity index (χ0n) is 9.44. The maximum absolute atomic E-state index is 13.3. The van der Waals surface area contributed by atoms with Crippen molar-refractivity contribution in [2.75, 3.05) is 0 Å². The van der Waals surface area contributed by atoms with Crippen LogP contribution >= 0.6 is 11.6 Å². The lowest BCUT2D eigenvalue weighted by Crippen LogP contribution is -2.09. The Kier molecular flexibility index (Phi) is 3.32. The molecular formula is C11H10ClF2N3O. The lowest BCUT2D eigenvalue weighted by molar-refractivity contribution is 0.0176. The Balaban J connectivity index is 2.47. The normalized spacial score (nSPS) is 11.8. The van der Waals surface area contributed by atoms with E-state index in [1.807, 2.05) is 0 Å². The molecule has 0 saturated heterocycles. The molecule has 0 atom stereocenters. The number of hydrogen-bond acceptors (Lipinski definition) is 3. The molecule has 0 amide bonds. The minimum atomic E-state index is -3.03. The number of aromatic nitrogens is 3. The Morgan fingerprint density at radius 2 is 2.17 bits per heavy atom. The van der Waals surface area contributed by atoms with Crippen molar-refractivity contribution < 1.29 is 13.9 Å². The summed E-state index contributed by atoms with van der Waals surface area (Å²) in [5.41, 5.74) is 0.487. The van der Waals surface area contributed by atoms with Gasteiger partial charge in [0.15, 0.2) is 0 Å². The standard InChI is InChI=1S/C11H10ClF2N3O/c1-11(13,14)9-4-8(2-3-10(9)12)17-5-7(6-18)15-16-17/h2-5,18H,6H2,1H3. The van der Waals surface area contributed by atoms with Gasteiger partial charge in [0.2, 0.25) is 0 Å². The van der Waals surface area contributed by atoms with E-state index < -0.39 is 5.92 Å². The van der Waals surface area contributed by atoms with Crippen molar-refractivity contribution >= 4 is 11.6 Å². The van der Waals surface area contributed by atoms with E-state index in [0.717, 1.165) is 6.92 Å². The lowest BCUT2D eigenvalue weighted by Gasteiger charge is -2.13. The third-order valence-electron chi connectivity index (χ3n) is 2.39. The van der Waals surface area contributed by atoms with Crippen LogP contribution in [0, 0.1) is 0 Å². The number of benzene rings is 1. The average Bonchev–Trinajstić information content (AvgIpc) is 2.76. The highest BCUT2D eigenvalue weighted by Crippen LogP contribution is 2.34. The summed E-state index contributed by atoms with van der Waals surface area (Å²) < 4.78 is 27.9. The smallest absolute Gasteiger partial charge is 0.272 e. The van der Waals surface area contributed by atoms with Crippen molar-refractivity contribution in [3.63, 3.8) is 0 Å². The molecule has 2 rings (SSSR count). The second kappa shape index (κ2) is 4.62. The van der Waals surface area contributed by atoms with Crippen LogP contribution in [0.5, 0.6) is 0 Å². The Morgan fingerprint density at radius 1 is 1.44 bits per heavy atom. The van der Waals surface area contributed by atoms with Gasteiger partial charge in [0.25, 0.3) is 5.92 Å². The molecule has 7 heteroatoms. The fourth-order valence-corrected chi connectivity index (χ4v) is 1.77. The van der Waals surface area contributed by atoms with Crippen LogP contribution in [-0.4, -0.2) is 20.1 Å². The number of hydrogen-bond donors (Lipinski definition) is 1. The van der Waals surface area contributed by atoms with E-state index in [9.17, 15) is 8.78 Å². The SMILES string of the molecule is CC(F)(F)c1cc(-n2cc(CO)nn2)ccc1Cl. The van der Waals surface area contributed by atoms with Gasteiger partial charge in [0.1, 0.15) is 5.69 Å². The number of halogens is 3. The van der Waals surface area contributed by atoms with Crippen LogP contribution in [0.1, 0.15) is 18.2 Å². The van der Waals surface area contributed by atoms with Crippen LogP contribution in [0.25, 0.3) is 5.69 Å². The molecule has 0 unspecified atom stereocenters. The molecule has 0 saturated carbocycles. The van der Waals surface area contributed by atoms with Crippen molar-refractivity contribution in [3.8, 4) is 5.69 Å². The van der Waals surface area contributed by atoms with Crippen LogP contribution in [-0.2, 0) is 12.5 Å². The van der Waals surface area contributed by atoms with Gasteiger partial charge in [-0.1, -0.05) is 16.8 Å². The Morgan fingerprint density at radius 3 is 2.72 bits per heavy atom. The van der Waals surface area contributed by atoms with Gasteiger partial charge in [0.05, 0.1) is 18.5 Å². The summed E-state index contributed by atoms with van der Waals surface area (Å²) in [6.45, 7) is 0.517. The largest absolute Gasteiger partial charge is 0.390 e. The molecular weight excluding hydrogens is 264 g/mol. The molecule has 18 heavy (non-hydrogen) atoms. The first-order valence-electron chi connectivity index (χ1n) is 5.12. The quantitative estimate of drug-likeness (QED) is 0.935. The fourth-order valence-electron chi connectivity index (χ4n) is 1.49. The van der Waals surface area contributed by atoms with Gasteiger partial charge in [-0.2, -0.15) is 0 Å². The van der Waals surface area contributed by atoms with Crippen LogP contribution < -0.4 is 0 Å². The first kappa shape index (κ1) is 12.9. The lowest BCUT2D eigenvalue weighted by atomic mass is 10.1. The maximum atomic E-state index is 13.3. The molecule has 0 radical (unpaired) electrons. The molecule has 0 aliphatic heterocycles. The van der Waals surface area contributed by atoms with Crippen LogP contribution in [0.4, 0.5) is 8.78 Å². The first-order valence-corrected chi connectivity index (χ1v) is 5.50. The molecule has 0 fully saturated rings. The summed E-state index contributed by atoms with van der Waals surface area (Å²) in [7, 11) is 0. The minimum absolute atomic E-state index is 0.00579. The predicted molar refractivity (Wildman–Crippen MR) is 61.9 cm³/mol. The van der Waals surface area contributed by atoms with E-state index in [0.29, 0.717) is 11.4 Å². The summed E-state index contributed by atoms with van der Waals surface area (Å²) in [4.78, 5) is 0. The second-order valence-electron chi connectivity index (χ2n) is 3.87. The number of nitrogens with zero attached hydrogens (tertiary/aromatic N) is 3.